The van der Waals surface area contributed by atoms with Gasteiger partial charge < -0.3 is 14.6 Å². The zero-order chi connectivity index (χ0) is 22.7. The predicted octanol–water partition coefficient (Wildman–Crippen LogP) is 4.31. The highest BCUT2D eigenvalue weighted by Gasteiger charge is 2.30. The second-order valence-electron chi connectivity index (χ2n) is 7.48. The van der Waals surface area contributed by atoms with Crippen molar-refractivity contribution in [1.29, 1.82) is 0 Å². The molecule has 4 rings (SSSR count). The van der Waals surface area contributed by atoms with E-state index in [-0.39, 0.29) is 16.7 Å². The third kappa shape index (κ3) is 4.83. The lowest BCUT2D eigenvalue weighted by Crippen LogP contribution is -2.14. The van der Waals surface area contributed by atoms with Crippen LogP contribution in [0.1, 0.15) is 29.9 Å². The molecule has 0 bridgehead atoms. The third-order valence-corrected chi connectivity index (χ3v) is 6.44. The smallest absolute Gasteiger partial charge is 0.262 e. The Hall–Kier alpha value is -3.59. The van der Waals surface area contributed by atoms with E-state index in [1.165, 1.54) is 19.2 Å². The summed E-state index contributed by atoms with van der Waals surface area (Å²) < 4.78 is 38.5. The van der Waals surface area contributed by atoms with Gasteiger partial charge in [-0.25, -0.2) is 8.42 Å². The highest BCUT2D eigenvalue weighted by Crippen LogP contribution is 2.32. The summed E-state index contributed by atoms with van der Waals surface area (Å²) in [6, 6.07) is 13.2. The normalized spacial score (nSPS) is 13.8. The standard InChI is InChI=1S/C23H23N3O5S/c1-15-22(24-23(27)17-10-11-17)21(31-25-15)14-9-16-7-12-18(13-8-16)32(28,29)26-19-5-3-4-6-20(19)30-2/h3-9,12-14,17,26H,10-11H2,1-2H3,(H,24,27). The molecule has 166 valence electrons. The Morgan fingerprint density at radius 1 is 1.12 bits per heavy atom. The molecule has 3 aromatic rings. The van der Waals surface area contributed by atoms with E-state index >= 15 is 0 Å². The van der Waals surface area contributed by atoms with Crippen LogP contribution in [-0.4, -0.2) is 26.6 Å². The van der Waals surface area contributed by atoms with E-state index in [9.17, 15) is 13.2 Å². The SMILES string of the molecule is COc1ccccc1NS(=O)(=O)c1ccc(C=Cc2onc(C)c2NC(=O)C2CC2)cc1. The Bertz CT molecular complexity index is 1260. The van der Waals surface area contributed by atoms with Crippen molar-refractivity contribution in [3.8, 4) is 5.75 Å². The number of hydrogen-bond acceptors (Lipinski definition) is 6. The Morgan fingerprint density at radius 3 is 2.53 bits per heavy atom. The minimum atomic E-state index is -3.78. The third-order valence-electron chi connectivity index (χ3n) is 5.05. The summed E-state index contributed by atoms with van der Waals surface area (Å²) in [6.07, 6.45) is 5.26. The van der Waals surface area contributed by atoms with Gasteiger partial charge in [-0.3, -0.25) is 9.52 Å². The van der Waals surface area contributed by atoms with Gasteiger partial charge in [0, 0.05) is 5.92 Å². The van der Waals surface area contributed by atoms with Crippen molar-refractivity contribution in [2.45, 2.75) is 24.7 Å². The van der Waals surface area contributed by atoms with E-state index in [1.54, 1.807) is 55.5 Å². The summed E-state index contributed by atoms with van der Waals surface area (Å²) in [6.45, 7) is 1.76. The number of benzene rings is 2. The molecule has 8 nitrogen and oxygen atoms in total. The molecule has 0 unspecified atom stereocenters. The van der Waals surface area contributed by atoms with Gasteiger partial charge in [0.2, 0.25) is 5.91 Å². The van der Waals surface area contributed by atoms with Gasteiger partial charge >= 0.3 is 0 Å². The van der Waals surface area contributed by atoms with Gasteiger partial charge in [-0.2, -0.15) is 0 Å². The molecule has 0 saturated heterocycles. The fraction of sp³-hybridized carbons (Fsp3) is 0.217. The number of nitrogens with one attached hydrogen (secondary N) is 2. The van der Waals surface area contributed by atoms with Crippen LogP contribution in [0.2, 0.25) is 0 Å². The van der Waals surface area contributed by atoms with Gasteiger partial charge in [0.25, 0.3) is 10.0 Å². The molecule has 1 aliphatic carbocycles. The zero-order valence-electron chi connectivity index (χ0n) is 17.7. The Kier molecular flexibility index (Phi) is 6.00. The number of rotatable bonds is 8. The molecule has 1 saturated carbocycles. The lowest BCUT2D eigenvalue weighted by molar-refractivity contribution is -0.117. The molecule has 0 aliphatic heterocycles. The summed E-state index contributed by atoms with van der Waals surface area (Å²) in [4.78, 5) is 12.2. The minimum Gasteiger partial charge on any atom is -0.495 e. The molecule has 1 aromatic heterocycles. The summed E-state index contributed by atoms with van der Waals surface area (Å²) in [5.41, 5.74) is 2.27. The maximum atomic E-state index is 12.7. The van der Waals surface area contributed by atoms with Gasteiger partial charge in [0.05, 0.1) is 17.7 Å². The summed E-state index contributed by atoms with van der Waals surface area (Å²) in [5, 5.41) is 6.80. The van der Waals surface area contributed by atoms with Gasteiger partial charge in [-0.15, -0.1) is 0 Å². The first-order chi connectivity index (χ1) is 15.4. The predicted molar refractivity (Wildman–Crippen MR) is 122 cm³/mol. The number of carbonyl (C=O) groups is 1. The van der Waals surface area contributed by atoms with Crippen molar-refractivity contribution in [2.24, 2.45) is 5.92 Å². The van der Waals surface area contributed by atoms with E-state index in [0.717, 1.165) is 18.4 Å². The minimum absolute atomic E-state index is 0.0249. The second kappa shape index (κ2) is 8.88. The van der Waals surface area contributed by atoms with Crippen LogP contribution in [0.5, 0.6) is 5.75 Å². The monoisotopic (exact) mass is 453 g/mol. The number of nitrogens with zero attached hydrogens (tertiary/aromatic N) is 1. The lowest BCUT2D eigenvalue weighted by Gasteiger charge is -2.11. The number of methoxy groups -OCH3 is 1. The molecule has 0 radical (unpaired) electrons. The quantitative estimate of drug-likeness (QED) is 0.526. The van der Waals surface area contributed by atoms with Crippen molar-refractivity contribution in [3.63, 3.8) is 0 Å². The Balaban J connectivity index is 1.48. The largest absolute Gasteiger partial charge is 0.495 e. The van der Waals surface area contributed by atoms with E-state index in [4.69, 9.17) is 9.26 Å². The highest BCUT2D eigenvalue weighted by atomic mass is 32.2. The first kappa shape index (κ1) is 21.6. The van der Waals surface area contributed by atoms with Crippen LogP contribution in [0.15, 0.2) is 57.9 Å². The number of carbonyl (C=O) groups excluding carboxylic acids is 1. The number of sulfonamides is 1. The molecule has 1 aliphatic rings. The van der Waals surface area contributed by atoms with Crippen molar-refractivity contribution in [3.05, 3.63) is 65.5 Å². The number of aryl methyl sites for hydroxylation is 1. The van der Waals surface area contributed by atoms with Crippen LogP contribution in [-0.2, 0) is 14.8 Å². The molecule has 1 amide bonds. The maximum Gasteiger partial charge on any atom is 0.262 e. The number of ether oxygens (including phenoxy) is 1. The number of aromatic nitrogens is 1. The molecular weight excluding hydrogens is 430 g/mol. The number of para-hydroxylation sites is 2. The zero-order valence-corrected chi connectivity index (χ0v) is 18.5. The van der Waals surface area contributed by atoms with Crippen molar-refractivity contribution in [1.82, 2.24) is 5.16 Å². The molecule has 32 heavy (non-hydrogen) atoms. The van der Waals surface area contributed by atoms with E-state index in [0.29, 0.717) is 28.6 Å². The maximum absolute atomic E-state index is 12.7. The van der Waals surface area contributed by atoms with Crippen molar-refractivity contribution >= 4 is 39.5 Å². The Labute approximate surface area is 186 Å². The van der Waals surface area contributed by atoms with Crippen LogP contribution in [0.4, 0.5) is 11.4 Å². The summed E-state index contributed by atoms with van der Waals surface area (Å²) >= 11 is 0. The average Bonchev–Trinajstić information content (AvgIpc) is 3.58. The van der Waals surface area contributed by atoms with Crippen LogP contribution < -0.4 is 14.8 Å². The van der Waals surface area contributed by atoms with Crippen molar-refractivity contribution < 1.29 is 22.5 Å². The highest BCUT2D eigenvalue weighted by molar-refractivity contribution is 7.92. The molecule has 9 heteroatoms. The van der Waals surface area contributed by atoms with E-state index < -0.39 is 10.0 Å². The fourth-order valence-corrected chi connectivity index (χ4v) is 4.16. The lowest BCUT2D eigenvalue weighted by atomic mass is 10.2. The van der Waals surface area contributed by atoms with Gasteiger partial charge in [0.15, 0.2) is 5.76 Å². The van der Waals surface area contributed by atoms with Gasteiger partial charge in [-0.05, 0) is 55.7 Å². The molecule has 1 heterocycles. The first-order valence-corrected chi connectivity index (χ1v) is 11.6. The molecular formula is C23H23N3O5S. The van der Waals surface area contributed by atoms with Crippen LogP contribution in [0.3, 0.4) is 0 Å². The van der Waals surface area contributed by atoms with Crippen molar-refractivity contribution in [2.75, 3.05) is 17.1 Å². The molecule has 2 aromatic carbocycles. The van der Waals surface area contributed by atoms with Crippen LogP contribution in [0.25, 0.3) is 12.2 Å². The average molecular weight is 454 g/mol. The van der Waals surface area contributed by atoms with Gasteiger partial charge in [0.1, 0.15) is 17.1 Å². The van der Waals surface area contributed by atoms with Crippen LogP contribution >= 0.6 is 0 Å². The fourth-order valence-electron chi connectivity index (χ4n) is 3.09. The molecule has 0 spiro atoms. The van der Waals surface area contributed by atoms with E-state index in [1.807, 2.05) is 0 Å². The summed E-state index contributed by atoms with van der Waals surface area (Å²) in [5.74, 6) is 0.914. The summed E-state index contributed by atoms with van der Waals surface area (Å²) in [7, 11) is -2.30. The topological polar surface area (TPSA) is 111 Å². The van der Waals surface area contributed by atoms with E-state index in [2.05, 4.69) is 15.2 Å². The molecule has 1 fully saturated rings. The molecule has 0 atom stereocenters. The molecule has 2 N–H and O–H groups in total. The number of hydrogen-bond donors (Lipinski definition) is 2. The van der Waals surface area contributed by atoms with Crippen LogP contribution in [0, 0.1) is 12.8 Å². The number of anilines is 2. The Morgan fingerprint density at radius 2 is 1.84 bits per heavy atom. The van der Waals surface area contributed by atoms with Gasteiger partial charge in [-0.1, -0.05) is 35.5 Å². The second-order valence-corrected chi connectivity index (χ2v) is 9.16. The first-order valence-electron chi connectivity index (χ1n) is 10.1. The number of amides is 1.